The second kappa shape index (κ2) is 10.5. The van der Waals surface area contributed by atoms with Gasteiger partial charge in [-0.25, -0.2) is 4.79 Å². The number of aliphatic hydroxyl groups excluding tert-OH is 1. The Morgan fingerprint density at radius 2 is 1.88 bits per heavy atom. The summed E-state index contributed by atoms with van der Waals surface area (Å²) < 4.78 is 16.5. The van der Waals surface area contributed by atoms with Gasteiger partial charge in [-0.15, -0.1) is 0 Å². The Labute approximate surface area is 192 Å². The van der Waals surface area contributed by atoms with Crippen LogP contribution in [-0.2, 0) is 9.53 Å². The minimum atomic E-state index is -0.592. The van der Waals surface area contributed by atoms with Gasteiger partial charge in [0.1, 0.15) is 6.10 Å². The number of hydrogen-bond donors (Lipinski definition) is 4. The van der Waals surface area contributed by atoms with E-state index in [-0.39, 0.29) is 43.9 Å². The molecule has 3 amide bonds. The molecule has 176 valence electrons. The number of rotatable bonds is 7. The quantitative estimate of drug-likeness (QED) is 0.510. The van der Waals surface area contributed by atoms with Crippen LogP contribution >= 0.6 is 0 Å². The van der Waals surface area contributed by atoms with Gasteiger partial charge in [0.15, 0.2) is 11.5 Å². The van der Waals surface area contributed by atoms with E-state index in [4.69, 9.17) is 14.2 Å². The summed E-state index contributed by atoms with van der Waals surface area (Å²) in [7, 11) is 0. The molecule has 1 fully saturated rings. The molecule has 2 aliphatic rings. The fourth-order valence-corrected chi connectivity index (χ4v) is 4.09. The number of anilines is 1. The van der Waals surface area contributed by atoms with Gasteiger partial charge in [-0.2, -0.15) is 0 Å². The summed E-state index contributed by atoms with van der Waals surface area (Å²) in [6, 6.07) is 14.0. The van der Waals surface area contributed by atoms with Gasteiger partial charge < -0.3 is 35.3 Å². The number of urea groups is 1. The summed E-state index contributed by atoms with van der Waals surface area (Å²) in [6.07, 6.45) is 0.472. The van der Waals surface area contributed by atoms with Gasteiger partial charge in [-0.3, -0.25) is 4.79 Å². The molecule has 0 aliphatic carbocycles. The van der Waals surface area contributed by atoms with Crippen LogP contribution in [0.5, 0.6) is 11.5 Å². The molecule has 0 spiro atoms. The highest BCUT2D eigenvalue weighted by molar-refractivity contribution is 5.90. The van der Waals surface area contributed by atoms with Crippen LogP contribution in [0.15, 0.2) is 48.5 Å². The Morgan fingerprint density at radius 1 is 1.09 bits per heavy atom. The Morgan fingerprint density at radius 3 is 2.67 bits per heavy atom. The first-order valence-corrected chi connectivity index (χ1v) is 11.1. The van der Waals surface area contributed by atoms with Crippen molar-refractivity contribution in [3.8, 4) is 11.5 Å². The normalized spacial score (nSPS) is 22.3. The number of hydrogen-bond acceptors (Lipinski definition) is 6. The van der Waals surface area contributed by atoms with E-state index in [1.807, 2.05) is 37.3 Å². The topological polar surface area (TPSA) is 118 Å². The minimum Gasteiger partial charge on any atom is -0.454 e. The highest BCUT2D eigenvalue weighted by Gasteiger charge is 2.33. The number of nitrogens with one attached hydrogen (secondary N) is 3. The summed E-state index contributed by atoms with van der Waals surface area (Å²) in [5.41, 5.74) is 1.59. The van der Waals surface area contributed by atoms with Crippen molar-refractivity contribution in [2.75, 3.05) is 18.7 Å². The Bertz CT molecular complexity index is 970. The molecule has 0 aromatic heterocycles. The molecule has 9 heteroatoms. The second-order valence-electron chi connectivity index (χ2n) is 8.23. The Hall–Kier alpha value is -3.30. The smallest absolute Gasteiger partial charge is 0.319 e. The zero-order valence-corrected chi connectivity index (χ0v) is 18.5. The average Bonchev–Trinajstić information content (AvgIpc) is 3.28. The van der Waals surface area contributed by atoms with Crippen LogP contribution in [0.25, 0.3) is 0 Å². The molecule has 33 heavy (non-hydrogen) atoms. The summed E-state index contributed by atoms with van der Waals surface area (Å²) in [5.74, 6) is 1.10. The number of carbonyl (C=O) groups is 2. The third-order valence-corrected chi connectivity index (χ3v) is 5.83. The van der Waals surface area contributed by atoms with Gasteiger partial charge in [0.25, 0.3) is 0 Å². The molecule has 0 bridgehead atoms. The molecule has 4 atom stereocenters. The van der Waals surface area contributed by atoms with Crippen LogP contribution in [0.1, 0.15) is 37.8 Å². The van der Waals surface area contributed by atoms with E-state index in [2.05, 4.69) is 16.0 Å². The summed E-state index contributed by atoms with van der Waals surface area (Å²) >= 11 is 0. The lowest BCUT2D eigenvalue weighted by molar-refractivity contribution is -0.131. The first-order chi connectivity index (χ1) is 16.0. The highest BCUT2D eigenvalue weighted by atomic mass is 16.7. The van der Waals surface area contributed by atoms with E-state index in [1.54, 1.807) is 18.2 Å². The van der Waals surface area contributed by atoms with Crippen molar-refractivity contribution in [2.45, 2.75) is 50.5 Å². The third kappa shape index (κ3) is 5.94. The number of carbonyl (C=O) groups excluding carboxylic acids is 2. The summed E-state index contributed by atoms with van der Waals surface area (Å²) in [6.45, 7) is 1.84. The predicted molar refractivity (Wildman–Crippen MR) is 121 cm³/mol. The van der Waals surface area contributed by atoms with Crippen LogP contribution in [0.3, 0.4) is 0 Å². The molecular weight excluding hydrogens is 426 g/mol. The van der Waals surface area contributed by atoms with Crippen LogP contribution in [0, 0.1) is 0 Å². The van der Waals surface area contributed by atoms with Gasteiger partial charge in [0.2, 0.25) is 12.7 Å². The minimum absolute atomic E-state index is 0.106. The largest absolute Gasteiger partial charge is 0.454 e. The number of fused-ring (bicyclic) bond motifs is 1. The second-order valence-corrected chi connectivity index (χ2v) is 8.23. The maximum Gasteiger partial charge on any atom is 0.319 e. The third-order valence-electron chi connectivity index (χ3n) is 5.83. The van der Waals surface area contributed by atoms with Gasteiger partial charge in [-0.05, 0) is 37.5 Å². The zero-order valence-electron chi connectivity index (χ0n) is 18.5. The van der Waals surface area contributed by atoms with E-state index < -0.39 is 12.1 Å². The maximum atomic E-state index is 12.5. The molecule has 0 radical (unpaired) electrons. The zero-order chi connectivity index (χ0) is 23.2. The summed E-state index contributed by atoms with van der Waals surface area (Å²) in [4.78, 5) is 24.9. The lowest BCUT2D eigenvalue weighted by atomic mass is 9.97. The van der Waals surface area contributed by atoms with Crippen molar-refractivity contribution in [1.82, 2.24) is 10.6 Å². The van der Waals surface area contributed by atoms with Crippen molar-refractivity contribution in [1.29, 1.82) is 0 Å². The van der Waals surface area contributed by atoms with E-state index in [0.29, 0.717) is 30.0 Å². The molecule has 0 saturated carbocycles. The SMILES string of the molecule is C[C@H](NC(=O)C[C@@H]1CC[C@@H](NC(=O)Nc2ccc3c(c2)OCO3)[C@H](CO)O1)c1ccccc1. The van der Waals surface area contributed by atoms with Crippen molar-refractivity contribution in [3.05, 3.63) is 54.1 Å². The number of benzene rings is 2. The van der Waals surface area contributed by atoms with Gasteiger partial charge in [0, 0.05) is 11.8 Å². The number of amides is 3. The fraction of sp³-hybridized carbons (Fsp3) is 0.417. The molecule has 2 aromatic carbocycles. The van der Waals surface area contributed by atoms with Crippen LogP contribution in [-0.4, -0.2) is 48.7 Å². The first-order valence-electron chi connectivity index (χ1n) is 11.1. The first kappa shape index (κ1) is 22.9. The highest BCUT2D eigenvalue weighted by Crippen LogP contribution is 2.34. The van der Waals surface area contributed by atoms with Gasteiger partial charge >= 0.3 is 6.03 Å². The molecule has 2 aliphatic heterocycles. The molecule has 4 N–H and O–H groups in total. The van der Waals surface area contributed by atoms with Crippen molar-refractivity contribution in [3.63, 3.8) is 0 Å². The van der Waals surface area contributed by atoms with Gasteiger partial charge in [-0.1, -0.05) is 30.3 Å². The predicted octanol–water partition coefficient (Wildman–Crippen LogP) is 2.71. The van der Waals surface area contributed by atoms with Crippen LogP contribution < -0.4 is 25.4 Å². The van der Waals surface area contributed by atoms with Crippen molar-refractivity contribution >= 4 is 17.6 Å². The molecule has 2 heterocycles. The van der Waals surface area contributed by atoms with E-state index >= 15 is 0 Å². The van der Waals surface area contributed by atoms with E-state index in [1.165, 1.54) is 0 Å². The standard InChI is InChI=1S/C24H29N3O6/c1-15(16-5-3-2-4-6-16)25-23(29)12-18-8-9-19(22(13-28)33-18)27-24(30)26-17-7-10-20-21(11-17)32-14-31-20/h2-7,10-11,15,18-19,22,28H,8-9,12-14H2,1H3,(H,25,29)(H2,26,27,30)/t15-,18-,19+,22-/m0/s1. The molecule has 9 nitrogen and oxygen atoms in total. The van der Waals surface area contributed by atoms with Crippen molar-refractivity contribution in [2.24, 2.45) is 0 Å². The maximum absolute atomic E-state index is 12.5. The molecule has 1 saturated heterocycles. The van der Waals surface area contributed by atoms with E-state index in [0.717, 1.165) is 5.56 Å². The number of ether oxygens (including phenoxy) is 3. The average molecular weight is 456 g/mol. The van der Waals surface area contributed by atoms with Crippen molar-refractivity contribution < 1.29 is 28.9 Å². The van der Waals surface area contributed by atoms with E-state index in [9.17, 15) is 14.7 Å². The summed E-state index contributed by atoms with van der Waals surface area (Å²) in [5, 5.41) is 18.4. The lowest BCUT2D eigenvalue weighted by Gasteiger charge is -2.36. The molecular formula is C24H29N3O6. The molecule has 4 rings (SSSR count). The molecule has 2 aromatic rings. The van der Waals surface area contributed by atoms with Crippen LogP contribution in [0.2, 0.25) is 0 Å². The Balaban J connectivity index is 1.25. The lowest BCUT2D eigenvalue weighted by Crippen LogP contribution is -2.52. The molecule has 0 unspecified atom stereocenters. The van der Waals surface area contributed by atoms with Crippen LogP contribution in [0.4, 0.5) is 10.5 Å². The Kier molecular flexibility index (Phi) is 7.31. The number of aliphatic hydroxyl groups is 1. The fourth-order valence-electron chi connectivity index (χ4n) is 4.09. The monoisotopic (exact) mass is 455 g/mol. The van der Waals surface area contributed by atoms with Gasteiger partial charge in [0.05, 0.1) is 31.2 Å².